The van der Waals surface area contributed by atoms with Crippen molar-refractivity contribution in [2.75, 3.05) is 25.4 Å². The fraction of sp³-hybridized carbons (Fsp3) is 0.625. The summed E-state index contributed by atoms with van der Waals surface area (Å²) in [5.41, 5.74) is 1.08. The minimum Gasteiger partial charge on any atom is -0.313 e. The minimum absolute atomic E-state index is 0.206. The molecule has 0 aliphatic carbocycles. The Morgan fingerprint density at radius 3 is 2.76 bits per heavy atom. The standard InChI is InChI=1S/C16H26N2O2S/c1-2-11-17-16-9-6-12-18(14-16)21(19,20)13-10-15-7-4-3-5-8-15/h3-5,7-8,16-17H,2,6,9-14H2,1H3. The summed E-state index contributed by atoms with van der Waals surface area (Å²) in [7, 11) is -3.15. The lowest BCUT2D eigenvalue weighted by Crippen LogP contribution is -2.48. The molecule has 0 amide bonds. The molecule has 0 aromatic heterocycles. The molecule has 0 bridgehead atoms. The van der Waals surface area contributed by atoms with Gasteiger partial charge in [0, 0.05) is 19.1 Å². The largest absolute Gasteiger partial charge is 0.313 e. The molecule has 1 aromatic carbocycles. The second-order valence-corrected chi connectivity index (χ2v) is 7.79. The van der Waals surface area contributed by atoms with Crippen molar-refractivity contribution in [3.63, 3.8) is 0 Å². The van der Waals surface area contributed by atoms with E-state index in [1.165, 1.54) is 0 Å². The van der Waals surface area contributed by atoms with Crippen LogP contribution in [0.4, 0.5) is 0 Å². The Hall–Kier alpha value is -0.910. The lowest BCUT2D eigenvalue weighted by Gasteiger charge is -2.32. The number of aryl methyl sites for hydroxylation is 1. The smallest absolute Gasteiger partial charge is 0.214 e. The zero-order valence-corrected chi connectivity index (χ0v) is 13.6. The predicted octanol–water partition coefficient (Wildman–Crippen LogP) is 2.02. The summed E-state index contributed by atoms with van der Waals surface area (Å²) in [6.07, 6.45) is 3.70. The first-order valence-corrected chi connectivity index (χ1v) is 9.48. The van der Waals surface area contributed by atoms with Crippen LogP contribution in [0.1, 0.15) is 31.7 Å². The van der Waals surface area contributed by atoms with E-state index in [4.69, 9.17) is 0 Å². The van der Waals surface area contributed by atoms with E-state index in [9.17, 15) is 8.42 Å². The van der Waals surface area contributed by atoms with E-state index in [0.717, 1.165) is 31.4 Å². The zero-order valence-electron chi connectivity index (χ0n) is 12.8. The number of sulfonamides is 1. The Balaban J connectivity index is 1.89. The Bertz CT molecular complexity index is 516. The maximum Gasteiger partial charge on any atom is 0.214 e. The lowest BCUT2D eigenvalue weighted by molar-refractivity contribution is 0.284. The minimum atomic E-state index is -3.15. The second-order valence-electron chi connectivity index (χ2n) is 5.70. The topological polar surface area (TPSA) is 49.4 Å². The van der Waals surface area contributed by atoms with Gasteiger partial charge in [-0.05, 0) is 37.8 Å². The van der Waals surface area contributed by atoms with Crippen LogP contribution in [-0.4, -0.2) is 44.2 Å². The van der Waals surface area contributed by atoms with Crippen molar-refractivity contribution in [2.24, 2.45) is 0 Å². The summed E-state index contributed by atoms with van der Waals surface area (Å²) < 4.78 is 26.6. The molecule has 1 unspecified atom stereocenters. The Labute approximate surface area is 128 Å². The van der Waals surface area contributed by atoms with Crippen molar-refractivity contribution in [3.05, 3.63) is 35.9 Å². The van der Waals surface area contributed by atoms with Crippen LogP contribution in [0.2, 0.25) is 0 Å². The Morgan fingerprint density at radius 2 is 2.05 bits per heavy atom. The average molecular weight is 310 g/mol. The molecule has 21 heavy (non-hydrogen) atoms. The number of hydrogen-bond acceptors (Lipinski definition) is 3. The van der Waals surface area contributed by atoms with Gasteiger partial charge in [-0.1, -0.05) is 37.3 Å². The van der Waals surface area contributed by atoms with Gasteiger partial charge in [0.15, 0.2) is 0 Å². The third-order valence-corrected chi connectivity index (χ3v) is 5.79. The molecular formula is C16H26N2O2S. The molecule has 118 valence electrons. The van der Waals surface area contributed by atoms with Gasteiger partial charge in [0.25, 0.3) is 0 Å². The molecule has 1 aromatic rings. The highest BCUT2D eigenvalue weighted by atomic mass is 32.2. The molecule has 1 fully saturated rings. The van der Waals surface area contributed by atoms with Crippen molar-refractivity contribution in [1.82, 2.24) is 9.62 Å². The highest BCUT2D eigenvalue weighted by Gasteiger charge is 2.28. The van der Waals surface area contributed by atoms with Gasteiger partial charge in [0.05, 0.1) is 5.75 Å². The lowest BCUT2D eigenvalue weighted by atomic mass is 10.1. The molecule has 2 rings (SSSR count). The summed E-state index contributed by atoms with van der Waals surface area (Å²) in [4.78, 5) is 0. The van der Waals surface area contributed by atoms with Gasteiger partial charge in [-0.3, -0.25) is 0 Å². The molecule has 1 aliphatic heterocycles. The van der Waals surface area contributed by atoms with Crippen LogP contribution in [0.3, 0.4) is 0 Å². The van der Waals surface area contributed by atoms with Crippen LogP contribution in [0, 0.1) is 0 Å². The SMILES string of the molecule is CCCNC1CCCN(S(=O)(=O)CCc2ccccc2)C1. The molecule has 1 atom stereocenters. The van der Waals surface area contributed by atoms with Gasteiger partial charge < -0.3 is 5.32 Å². The van der Waals surface area contributed by atoms with Crippen molar-refractivity contribution in [3.8, 4) is 0 Å². The first kappa shape index (κ1) is 16.5. The van der Waals surface area contributed by atoms with E-state index in [2.05, 4.69) is 12.2 Å². The first-order chi connectivity index (χ1) is 10.1. The molecule has 0 saturated carbocycles. The van der Waals surface area contributed by atoms with Gasteiger partial charge >= 0.3 is 0 Å². The summed E-state index contributed by atoms with van der Waals surface area (Å²) >= 11 is 0. The number of piperidine rings is 1. The molecule has 0 spiro atoms. The molecule has 0 radical (unpaired) electrons. The number of hydrogen-bond donors (Lipinski definition) is 1. The molecule has 1 N–H and O–H groups in total. The van der Waals surface area contributed by atoms with Crippen molar-refractivity contribution in [1.29, 1.82) is 0 Å². The molecule has 1 aliphatic rings. The fourth-order valence-electron chi connectivity index (χ4n) is 2.73. The number of nitrogens with zero attached hydrogens (tertiary/aromatic N) is 1. The fourth-order valence-corrected chi connectivity index (χ4v) is 4.30. The summed E-state index contributed by atoms with van der Waals surface area (Å²) in [6.45, 7) is 4.38. The Kier molecular flexibility index (Phi) is 6.21. The van der Waals surface area contributed by atoms with E-state index < -0.39 is 10.0 Å². The van der Waals surface area contributed by atoms with Crippen LogP contribution in [0.5, 0.6) is 0 Å². The monoisotopic (exact) mass is 310 g/mol. The second kappa shape index (κ2) is 7.92. The van der Waals surface area contributed by atoms with Crippen molar-refractivity contribution >= 4 is 10.0 Å². The van der Waals surface area contributed by atoms with Crippen LogP contribution in [-0.2, 0) is 16.4 Å². The highest BCUT2D eigenvalue weighted by molar-refractivity contribution is 7.89. The van der Waals surface area contributed by atoms with Gasteiger partial charge in [0.2, 0.25) is 10.0 Å². The van der Waals surface area contributed by atoms with Gasteiger partial charge in [-0.15, -0.1) is 0 Å². The summed E-state index contributed by atoms with van der Waals surface area (Å²) in [5.74, 6) is 0.206. The quantitative estimate of drug-likeness (QED) is 0.838. The van der Waals surface area contributed by atoms with E-state index >= 15 is 0 Å². The van der Waals surface area contributed by atoms with Crippen LogP contribution >= 0.6 is 0 Å². The molecule has 5 heteroatoms. The normalized spacial score (nSPS) is 20.5. The van der Waals surface area contributed by atoms with Crippen molar-refractivity contribution < 1.29 is 8.42 Å². The highest BCUT2D eigenvalue weighted by Crippen LogP contribution is 2.15. The predicted molar refractivity (Wildman–Crippen MR) is 86.8 cm³/mol. The van der Waals surface area contributed by atoms with E-state index in [1.807, 2.05) is 30.3 Å². The Morgan fingerprint density at radius 1 is 1.29 bits per heavy atom. The van der Waals surface area contributed by atoms with E-state index in [0.29, 0.717) is 25.6 Å². The first-order valence-electron chi connectivity index (χ1n) is 7.87. The molecular weight excluding hydrogens is 284 g/mol. The average Bonchev–Trinajstić information content (AvgIpc) is 2.52. The summed E-state index contributed by atoms with van der Waals surface area (Å²) in [5, 5.41) is 3.44. The van der Waals surface area contributed by atoms with E-state index in [-0.39, 0.29) is 5.75 Å². The van der Waals surface area contributed by atoms with Crippen LogP contribution in [0.25, 0.3) is 0 Å². The number of nitrogens with one attached hydrogen (secondary N) is 1. The third kappa shape index (κ3) is 5.09. The maximum absolute atomic E-state index is 12.5. The van der Waals surface area contributed by atoms with Gasteiger partial charge in [-0.2, -0.15) is 0 Å². The van der Waals surface area contributed by atoms with Crippen LogP contribution < -0.4 is 5.32 Å². The molecule has 1 saturated heterocycles. The zero-order chi connectivity index (χ0) is 15.1. The third-order valence-electron chi connectivity index (χ3n) is 3.95. The summed E-state index contributed by atoms with van der Waals surface area (Å²) in [6, 6.07) is 10.1. The number of benzene rings is 1. The molecule has 4 nitrogen and oxygen atoms in total. The number of rotatable bonds is 7. The van der Waals surface area contributed by atoms with Crippen LogP contribution in [0.15, 0.2) is 30.3 Å². The van der Waals surface area contributed by atoms with Crippen molar-refractivity contribution in [2.45, 2.75) is 38.6 Å². The van der Waals surface area contributed by atoms with E-state index in [1.54, 1.807) is 4.31 Å². The van der Waals surface area contributed by atoms with Gasteiger partial charge in [0.1, 0.15) is 0 Å². The maximum atomic E-state index is 12.5. The molecule has 1 heterocycles. The van der Waals surface area contributed by atoms with Gasteiger partial charge in [-0.25, -0.2) is 12.7 Å².